The fraction of sp³-hybridized carbons (Fsp3) is 0.417. The van der Waals surface area contributed by atoms with Crippen molar-refractivity contribution in [1.29, 1.82) is 0 Å². The molecule has 1 fully saturated rings. The lowest BCUT2D eigenvalue weighted by atomic mass is 10.2. The number of carbonyl (C=O) groups excluding carboxylic acids is 1. The summed E-state index contributed by atoms with van der Waals surface area (Å²) in [6.45, 7) is 7.01. The van der Waals surface area contributed by atoms with Gasteiger partial charge in [-0.2, -0.15) is 4.98 Å². The Morgan fingerprint density at radius 3 is 2.77 bits per heavy atom. The monoisotopic (exact) mass is 425 g/mol. The number of para-hydroxylation sites is 2. The number of hydrogen-bond donors (Lipinski definition) is 0. The number of carbonyl (C=O) groups is 1. The number of nitrogens with zero attached hydrogens (tertiary/aromatic N) is 3. The zero-order valence-electron chi connectivity index (χ0n) is 18.2. The van der Waals surface area contributed by atoms with E-state index >= 15 is 0 Å². The number of hydrogen-bond acceptors (Lipinski definition) is 4. The molecule has 1 amide bonds. The van der Waals surface area contributed by atoms with Crippen LogP contribution in [0.3, 0.4) is 0 Å². The first-order valence-electron chi connectivity index (χ1n) is 10.6. The third kappa shape index (κ3) is 4.98. The summed E-state index contributed by atoms with van der Waals surface area (Å²) in [5, 5.41) is 0. The summed E-state index contributed by atoms with van der Waals surface area (Å²) in [6.07, 6.45) is 1.45. The molecule has 1 aliphatic rings. The highest BCUT2D eigenvalue weighted by molar-refractivity contribution is 5.76. The minimum atomic E-state index is -0.538. The van der Waals surface area contributed by atoms with E-state index in [9.17, 15) is 9.18 Å². The highest BCUT2D eigenvalue weighted by Crippen LogP contribution is 2.26. The van der Waals surface area contributed by atoms with Gasteiger partial charge in [-0.1, -0.05) is 24.3 Å². The molecule has 1 saturated heterocycles. The Morgan fingerprint density at radius 2 is 2.00 bits per heavy atom. The molecule has 1 aromatic heterocycles. The first-order chi connectivity index (χ1) is 14.8. The van der Waals surface area contributed by atoms with Gasteiger partial charge >= 0.3 is 6.09 Å². The molecule has 2 aromatic carbocycles. The van der Waals surface area contributed by atoms with E-state index in [1.165, 1.54) is 12.1 Å². The highest BCUT2D eigenvalue weighted by atomic mass is 19.1. The molecule has 0 aliphatic carbocycles. The predicted molar refractivity (Wildman–Crippen MR) is 117 cm³/mol. The van der Waals surface area contributed by atoms with E-state index in [4.69, 9.17) is 9.47 Å². The largest absolute Gasteiger partial charge is 0.462 e. The molecule has 3 aromatic rings. The molecule has 6 nitrogen and oxygen atoms in total. The Kier molecular flexibility index (Phi) is 5.85. The molecule has 2 heterocycles. The molecule has 0 saturated carbocycles. The summed E-state index contributed by atoms with van der Waals surface area (Å²) >= 11 is 0. The summed E-state index contributed by atoms with van der Waals surface area (Å²) in [4.78, 5) is 18.9. The third-order valence-corrected chi connectivity index (χ3v) is 5.26. The van der Waals surface area contributed by atoms with Crippen LogP contribution in [0.25, 0.3) is 11.0 Å². The Morgan fingerprint density at radius 1 is 1.19 bits per heavy atom. The molecule has 0 bridgehead atoms. The van der Waals surface area contributed by atoms with Gasteiger partial charge in [0.1, 0.15) is 18.0 Å². The summed E-state index contributed by atoms with van der Waals surface area (Å²) in [5.41, 5.74) is 2.01. The Hall–Kier alpha value is -3.09. The zero-order valence-corrected chi connectivity index (χ0v) is 18.2. The molecule has 7 heteroatoms. The Balaban J connectivity index is 1.53. The summed E-state index contributed by atoms with van der Waals surface area (Å²) in [5.74, 6) is -0.275. The smallest absolute Gasteiger partial charge is 0.410 e. The molecular formula is C24H28FN3O3. The van der Waals surface area contributed by atoms with Crippen molar-refractivity contribution in [3.63, 3.8) is 0 Å². The van der Waals surface area contributed by atoms with Crippen LogP contribution in [0.1, 0.15) is 39.2 Å². The number of fused-ring (bicyclic) bond motifs is 1. The number of halogens is 1. The minimum Gasteiger partial charge on any atom is -0.462 e. The quantitative estimate of drug-likeness (QED) is 0.577. The van der Waals surface area contributed by atoms with Gasteiger partial charge in [-0.3, -0.25) is 4.57 Å². The fourth-order valence-corrected chi connectivity index (χ4v) is 3.87. The van der Waals surface area contributed by atoms with Crippen molar-refractivity contribution in [2.24, 2.45) is 0 Å². The topological polar surface area (TPSA) is 56.6 Å². The lowest BCUT2D eigenvalue weighted by molar-refractivity contribution is 0.0183. The van der Waals surface area contributed by atoms with E-state index in [0.717, 1.165) is 29.4 Å². The molecule has 4 rings (SSSR count). The van der Waals surface area contributed by atoms with Crippen LogP contribution >= 0.6 is 0 Å². The third-order valence-electron chi connectivity index (χ3n) is 5.26. The molecule has 0 unspecified atom stereocenters. The molecule has 1 aliphatic heterocycles. The van der Waals surface area contributed by atoms with Gasteiger partial charge in [0.15, 0.2) is 0 Å². The summed E-state index contributed by atoms with van der Waals surface area (Å²) < 4.78 is 27.3. The lowest BCUT2D eigenvalue weighted by Gasteiger charge is -2.28. The maximum atomic E-state index is 13.7. The Bertz CT molecular complexity index is 1070. The van der Waals surface area contributed by atoms with Crippen molar-refractivity contribution in [3.05, 3.63) is 59.9 Å². The van der Waals surface area contributed by atoms with Crippen LogP contribution in [-0.4, -0.2) is 45.3 Å². The van der Waals surface area contributed by atoms with Crippen LogP contribution in [0.5, 0.6) is 6.01 Å². The van der Waals surface area contributed by atoms with Gasteiger partial charge < -0.3 is 14.4 Å². The van der Waals surface area contributed by atoms with E-state index in [1.807, 2.05) is 55.7 Å². The molecular weight excluding hydrogens is 397 g/mol. The maximum Gasteiger partial charge on any atom is 0.410 e. The molecule has 0 radical (unpaired) electrons. The van der Waals surface area contributed by atoms with Crippen LogP contribution in [0.2, 0.25) is 0 Å². The lowest BCUT2D eigenvalue weighted by Crippen LogP contribution is -2.42. The number of rotatable bonds is 5. The van der Waals surface area contributed by atoms with Gasteiger partial charge in [-0.05, 0) is 63.4 Å². The van der Waals surface area contributed by atoms with Gasteiger partial charge in [0.2, 0.25) is 0 Å². The van der Waals surface area contributed by atoms with E-state index in [0.29, 0.717) is 25.7 Å². The minimum absolute atomic E-state index is 0.0720. The number of aromatic nitrogens is 2. The first kappa shape index (κ1) is 21.2. The zero-order chi connectivity index (χ0) is 22.0. The molecule has 1 atom stereocenters. The van der Waals surface area contributed by atoms with Crippen molar-refractivity contribution in [1.82, 2.24) is 14.5 Å². The number of likely N-dealkylation sites (tertiary alicyclic amines) is 1. The van der Waals surface area contributed by atoms with Crippen molar-refractivity contribution < 1.29 is 18.7 Å². The van der Waals surface area contributed by atoms with Crippen molar-refractivity contribution in [3.8, 4) is 6.01 Å². The van der Waals surface area contributed by atoms with Crippen LogP contribution in [0.15, 0.2) is 48.5 Å². The van der Waals surface area contributed by atoms with Gasteiger partial charge in [0, 0.05) is 6.54 Å². The molecule has 164 valence electrons. The number of benzene rings is 2. The maximum absolute atomic E-state index is 13.7. The molecule has 0 spiro atoms. The fourth-order valence-electron chi connectivity index (χ4n) is 3.87. The van der Waals surface area contributed by atoms with E-state index in [2.05, 4.69) is 4.98 Å². The number of ether oxygens (including phenoxy) is 2. The van der Waals surface area contributed by atoms with Crippen LogP contribution in [-0.2, 0) is 11.3 Å². The van der Waals surface area contributed by atoms with Crippen LogP contribution in [0, 0.1) is 5.82 Å². The molecule has 31 heavy (non-hydrogen) atoms. The van der Waals surface area contributed by atoms with Gasteiger partial charge in [-0.25, -0.2) is 9.18 Å². The van der Waals surface area contributed by atoms with Gasteiger partial charge in [-0.15, -0.1) is 0 Å². The first-order valence-corrected chi connectivity index (χ1v) is 10.6. The van der Waals surface area contributed by atoms with Crippen LogP contribution in [0.4, 0.5) is 9.18 Å². The normalized spacial score (nSPS) is 16.6. The number of imidazole rings is 1. The van der Waals surface area contributed by atoms with Crippen LogP contribution < -0.4 is 4.74 Å². The second-order valence-corrected chi connectivity index (χ2v) is 8.88. The average molecular weight is 426 g/mol. The SMILES string of the molecule is CC(C)(C)OC(=O)N1CCC[C@@H]1COc1nc2ccccc2n1Cc1cccc(F)c1. The van der Waals surface area contributed by atoms with Gasteiger partial charge in [0.05, 0.1) is 23.6 Å². The predicted octanol–water partition coefficient (Wildman–Crippen LogP) is 5.00. The van der Waals surface area contributed by atoms with Crippen molar-refractivity contribution >= 4 is 17.1 Å². The van der Waals surface area contributed by atoms with Gasteiger partial charge in [0.25, 0.3) is 6.01 Å². The van der Waals surface area contributed by atoms with E-state index in [1.54, 1.807) is 11.0 Å². The Labute approximate surface area is 181 Å². The highest BCUT2D eigenvalue weighted by Gasteiger charge is 2.33. The summed E-state index contributed by atoms with van der Waals surface area (Å²) in [6, 6.07) is 14.7. The average Bonchev–Trinajstić information content (AvgIpc) is 3.30. The summed E-state index contributed by atoms with van der Waals surface area (Å²) in [7, 11) is 0. The van der Waals surface area contributed by atoms with Crippen molar-refractivity contribution in [2.45, 2.75) is 51.8 Å². The standard InChI is InChI=1S/C24H28FN3O3/c1-24(2,3)31-23(29)27-13-7-10-19(27)16-30-22-26-20-11-4-5-12-21(20)28(22)15-17-8-6-9-18(25)14-17/h4-6,8-9,11-12,14,19H,7,10,13,15-16H2,1-3H3/t19-/m1/s1. The second-order valence-electron chi connectivity index (χ2n) is 8.88. The van der Waals surface area contributed by atoms with E-state index < -0.39 is 5.60 Å². The number of amides is 1. The molecule has 0 N–H and O–H groups in total. The second kappa shape index (κ2) is 8.57. The van der Waals surface area contributed by atoms with Crippen molar-refractivity contribution in [2.75, 3.05) is 13.2 Å². The van der Waals surface area contributed by atoms with E-state index in [-0.39, 0.29) is 18.0 Å².